The number of thiocarbonyl (C=S) groups is 1. The number of amides is 1. The number of hydrogen-bond acceptors (Lipinski definition) is 3. The van der Waals surface area contributed by atoms with Crippen LogP contribution in [0.5, 0.6) is 0 Å². The van der Waals surface area contributed by atoms with Crippen molar-refractivity contribution in [2.24, 2.45) is 12.8 Å². The van der Waals surface area contributed by atoms with Gasteiger partial charge in [0, 0.05) is 32.8 Å². The topological polar surface area (TPSA) is 64.2 Å². The van der Waals surface area contributed by atoms with E-state index in [0.717, 1.165) is 0 Å². The Morgan fingerprint density at radius 1 is 1.75 bits per heavy atom. The SMILES string of the molecule is CC(CC(N)=S)N(C)C(=O)c1cn(C)cn1. The van der Waals surface area contributed by atoms with Gasteiger partial charge in [-0.05, 0) is 6.92 Å². The van der Waals surface area contributed by atoms with Gasteiger partial charge in [0.1, 0.15) is 5.69 Å². The third-order valence-electron chi connectivity index (χ3n) is 2.40. The molecule has 0 aromatic carbocycles. The highest BCUT2D eigenvalue weighted by molar-refractivity contribution is 7.80. The number of carbonyl (C=O) groups excluding carboxylic acids is 1. The molecule has 1 rings (SSSR count). The van der Waals surface area contributed by atoms with Crippen LogP contribution in [0.25, 0.3) is 0 Å². The number of hydrogen-bond donors (Lipinski definition) is 1. The fraction of sp³-hybridized carbons (Fsp3) is 0.500. The van der Waals surface area contributed by atoms with Crippen molar-refractivity contribution in [3.05, 3.63) is 18.2 Å². The van der Waals surface area contributed by atoms with Gasteiger partial charge in [0.2, 0.25) is 0 Å². The molecule has 0 fully saturated rings. The Morgan fingerprint density at radius 3 is 2.81 bits per heavy atom. The number of imidazole rings is 1. The van der Waals surface area contributed by atoms with Gasteiger partial charge in [-0.25, -0.2) is 4.98 Å². The van der Waals surface area contributed by atoms with Crippen LogP contribution in [-0.4, -0.2) is 38.4 Å². The molecule has 0 bridgehead atoms. The van der Waals surface area contributed by atoms with E-state index in [1.807, 2.05) is 14.0 Å². The molecule has 0 spiro atoms. The molecule has 0 aliphatic rings. The predicted molar refractivity (Wildman–Crippen MR) is 66.2 cm³/mol. The van der Waals surface area contributed by atoms with Crippen molar-refractivity contribution in [2.45, 2.75) is 19.4 Å². The van der Waals surface area contributed by atoms with Gasteiger partial charge in [-0.15, -0.1) is 0 Å². The van der Waals surface area contributed by atoms with Crippen molar-refractivity contribution in [3.8, 4) is 0 Å². The molecule has 88 valence electrons. The van der Waals surface area contributed by atoms with Crippen molar-refractivity contribution in [2.75, 3.05) is 7.05 Å². The monoisotopic (exact) mass is 240 g/mol. The zero-order chi connectivity index (χ0) is 12.3. The average Bonchev–Trinajstić information content (AvgIpc) is 2.61. The van der Waals surface area contributed by atoms with E-state index in [1.165, 1.54) is 0 Å². The molecule has 2 N–H and O–H groups in total. The van der Waals surface area contributed by atoms with Gasteiger partial charge in [0.25, 0.3) is 5.91 Å². The third kappa shape index (κ3) is 3.03. The molecule has 0 radical (unpaired) electrons. The highest BCUT2D eigenvalue weighted by Gasteiger charge is 2.19. The lowest BCUT2D eigenvalue weighted by Gasteiger charge is -2.23. The smallest absolute Gasteiger partial charge is 0.274 e. The largest absolute Gasteiger partial charge is 0.393 e. The molecule has 1 aromatic rings. The minimum atomic E-state index is -0.121. The van der Waals surface area contributed by atoms with Crippen LogP contribution in [0.15, 0.2) is 12.5 Å². The number of aromatic nitrogens is 2. The zero-order valence-electron chi connectivity index (χ0n) is 9.67. The van der Waals surface area contributed by atoms with Crippen molar-refractivity contribution < 1.29 is 4.79 Å². The molecular weight excluding hydrogens is 224 g/mol. The van der Waals surface area contributed by atoms with E-state index in [1.54, 1.807) is 29.0 Å². The third-order valence-corrected chi connectivity index (χ3v) is 2.57. The lowest BCUT2D eigenvalue weighted by Crippen LogP contribution is -2.37. The number of rotatable bonds is 4. The first-order valence-corrected chi connectivity index (χ1v) is 5.36. The molecule has 1 atom stereocenters. The Labute approximate surface area is 100 Å². The maximum Gasteiger partial charge on any atom is 0.274 e. The summed E-state index contributed by atoms with van der Waals surface area (Å²) in [4.78, 5) is 18.0. The van der Waals surface area contributed by atoms with E-state index < -0.39 is 0 Å². The first kappa shape index (κ1) is 12.6. The lowest BCUT2D eigenvalue weighted by molar-refractivity contribution is 0.0742. The summed E-state index contributed by atoms with van der Waals surface area (Å²) in [5.41, 5.74) is 5.88. The van der Waals surface area contributed by atoms with Gasteiger partial charge in [-0.2, -0.15) is 0 Å². The fourth-order valence-corrected chi connectivity index (χ4v) is 1.57. The summed E-state index contributed by atoms with van der Waals surface area (Å²) in [6, 6.07) is -0.0213. The second kappa shape index (κ2) is 5.07. The molecule has 1 amide bonds. The van der Waals surface area contributed by atoms with E-state index >= 15 is 0 Å². The maximum atomic E-state index is 11.9. The van der Waals surface area contributed by atoms with Crippen molar-refractivity contribution in [3.63, 3.8) is 0 Å². The first-order valence-electron chi connectivity index (χ1n) is 4.95. The second-order valence-electron chi connectivity index (χ2n) is 3.86. The van der Waals surface area contributed by atoms with E-state index in [9.17, 15) is 4.79 Å². The van der Waals surface area contributed by atoms with Gasteiger partial charge >= 0.3 is 0 Å². The Bertz CT molecular complexity index is 401. The summed E-state index contributed by atoms with van der Waals surface area (Å²) in [7, 11) is 3.54. The van der Waals surface area contributed by atoms with Gasteiger partial charge in [0.15, 0.2) is 0 Å². The van der Waals surface area contributed by atoms with Gasteiger partial charge in [0.05, 0.1) is 11.3 Å². The van der Waals surface area contributed by atoms with Crippen molar-refractivity contribution in [1.29, 1.82) is 0 Å². The van der Waals surface area contributed by atoms with Gasteiger partial charge in [-0.3, -0.25) is 4.79 Å². The molecule has 0 saturated carbocycles. The van der Waals surface area contributed by atoms with Crippen LogP contribution in [-0.2, 0) is 7.05 Å². The minimum absolute atomic E-state index is 0.0213. The van der Waals surface area contributed by atoms with Crippen LogP contribution in [0.3, 0.4) is 0 Å². The molecular formula is C10H16N4OS. The normalized spacial score (nSPS) is 12.2. The van der Waals surface area contributed by atoms with Crippen LogP contribution >= 0.6 is 12.2 Å². The summed E-state index contributed by atoms with van der Waals surface area (Å²) >= 11 is 4.82. The lowest BCUT2D eigenvalue weighted by atomic mass is 10.2. The van der Waals surface area contributed by atoms with Crippen LogP contribution in [0.2, 0.25) is 0 Å². The summed E-state index contributed by atoms with van der Waals surface area (Å²) in [5, 5.41) is 0. The van der Waals surface area contributed by atoms with Crippen molar-refractivity contribution in [1.82, 2.24) is 14.5 Å². The van der Waals surface area contributed by atoms with Gasteiger partial charge in [-0.1, -0.05) is 12.2 Å². The minimum Gasteiger partial charge on any atom is -0.393 e. The highest BCUT2D eigenvalue weighted by atomic mass is 32.1. The number of aryl methyl sites for hydroxylation is 1. The van der Waals surface area contributed by atoms with Gasteiger partial charge < -0.3 is 15.2 Å². The standard InChI is InChI=1S/C10H16N4OS/c1-7(4-9(11)16)14(3)10(15)8-5-13(2)6-12-8/h5-7H,4H2,1-3H3,(H2,11,16). The van der Waals surface area contributed by atoms with Crippen LogP contribution in [0.4, 0.5) is 0 Å². The predicted octanol–water partition coefficient (Wildman–Crippen LogP) is 0.557. The molecule has 1 heterocycles. The molecule has 1 unspecified atom stereocenters. The van der Waals surface area contributed by atoms with E-state index in [2.05, 4.69) is 4.98 Å². The molecule has 16 heavy (non-hydrogen) atoms. The number of nitrogens with two attached hydrogens (primary N) is 1. The number of nitrogens with zero attached hydrogens (tertiary/aromatic N) is 3. The Morgan fingerprint density at radius 2 is 2.38 bits per heavy atom. The zero-order valence-corrected chi connectivity index (χ0v) is 10.5. The second-order valence-corrected chi connectivity index (χ2v) is 4.38. The molecule has 1 aromatic heterocycles. The quantitative estimate of drug-likeness (QED) is 0.781. The Kier molecular flexibility index (Phi) is 4.00. The van der Waals surface area contributed by atoms with Crippen LogP contribution in [0, 0.1) is 0 Å². The Balaban J connectivity index is 2.70. The molecule has 0 saturated heterocycles. The summed E-state index contributed by atoms with van der Waals surface area (Å²) in [5.74, 6) is -0.121. The fourth-order valence-electron chi connectivity index (χ4n) is 1.33. The highest BCUT2D eigenvalue weighted by Crippen LogP contribution is 2.07. The maximum absolute atomic E-state index is 11.9. The molecule has 0 aliphatic heterocycles. The first-order chi connectivity index (χ1) is 7.41. The summed E-state index contributed by atoms with van der Waals surface area (Å²) < 4.78 is 1.74. The average molecular weight is 240 g/mol. The van der Waals surface area contributed by atoms with Crippen molar-refractivity contribution >= 4 is 23.1 Å². The molecule has 5 nitrogen and oxygen atoms in total. The molecule has 6 heteroatoms. The van der Waals surface area contributed by atoms with E-state index in [0.29, 0.717) is 17.1 Å². The van der Waals surface area contributed by atoms with E-state index in [-0.39, 0.29) is 11.9 Å². The van der Waals surface area contributed by atoms with Crippen LogP contribution < -0.4 is 5.73 Å². The molecule has 0 aliphatic carbocycles. The Hall–Kier alpha value is -1.43. The van der Waals surface area contributed by atoms with Crippen LogP contribution in [0.1, 0.15) is 23.8 Å². The summed E-state index contributed by atoms with van der Waals surface area (Å²) in [6.45, 7) is 1.90. The summed E-state index contributed by atoms with van der Waals surface area (Å²) in [6.07, 6.45) is 3.80. The number of carbonyl (C=O) groups is 1. The van der Waals surface area contributed by atoms with E-state index in [4.69, 9.17) is 18.0 Å².